The fourth-order valence-electron chi connectivity index (χ4n) is 4.24. The van der Waals surface area contributed by atoms with Crippen LogP contribution in [0.2, 0.25) is 0 Å². The van der Waals surface area contributed by atoms with Crippen LogP contribution in [0.1, 0.15) is 24.1 Å². The molecule has 2 saturated heterocycles. The van der Waals surface area contributed by atoms with Crippen LogP contribution in [0, 0.1) is 5.92 Å². The van der Waals surface area contributed by atoms with Gasteiger partial charge in [-0.3, -0.25) is 4.79 Å². The number of pyridine rings is 1. The van der Waals surface area contributed by atoms with Gasteiger partial charge in [-0.2, -0.15) is 12.7 Å². The predicted molar refractivity (Wildman–Crippen MR) is 92.8 cm³/mol. The summed E-state index contributed by atoms with van der Waals surface area (Å²) in [5.74, 6) is 0.568. The van der Waals surface area contributed by atoms with Gasteiger partial charge < -0.3 is 14.6 Å². The van der Waals surface area contributed by atoms with Gasteiger partial charge in [-0.15, -0.1) is 0 Å². The molecule has 0 aromatic carbocycles. The molecule has 3 aliphatic rings. The van der Waals surface area contributed by atoms with E-state index in [4.69, 9.17) is 4.74 Å². The topological polar surface area (TPSA) is 92.7 Å². The average Bonchev–Trinajstić information content (AvgIpc) is 2.63. The van der Waals surface area contributed by atoms with Crippen LogP contribution in [0.15, 0.2) is 23.0 Å². The quantitative estimate of drug-likeness (QED) is 0.731. The lowest BCUT2D eigenvalue weighted by Gasteiger charge is -2.43. The van der Waals surface area contributed by atoms with Gasteiger partial charge in [-0.25, -0.2) is 4.72 Å². The molecule has 0 radical (unpaired) electrons. The number of ether oxygens (including phenoxy) is 1. The predicted octanol–water partition coefficient (Wildman–Crippen LogP) is -0.737. The first-order chi connectivity index (χ1) is 12.1. The average molecular weight is 368 g/mol. The molecule has 1 aromatic heterocycles. The Bertz CT molecular complexity index is 788. The van der Waals surface area contributed by atoms with Crippen molar-refractivity contribution in [2.45, 2.75) is 18.4 Å². The minimum absolute atomic E-state index is 0.0512. The molecule has 4 heterocycles. The van der Waals surface area contributed by atoms with E-state index in [1.807, 2.05) is 10.6 Å². The maximum Gasteiger partial charge on any atom is 0.279 e. The van der Waals surface area contributed by atoms with Crippen LogP contribution in [-0.2, 0) is 14.9 Å². The van der Waals surface area contributed by atoms with Crippen molar-refractivity contribution in [2.75, 3.05) is 45.9 Å². The number of aromatic nitrogens is 1. The Labute approximate surface area is 147 Å². The van der Waals surface area contributed by atoms with E-state index in [2.05, 4.69) is 10.0 Å². The Kier molecular flexibility index (Phi) is 4.67. The molecule has 2 bridgehead atoms. The number of hydrogen-bond acceptors (Lipinski definition) is 5. The molecule has 138 valence electrons. The minimum atomic E-state index is -3.56. The van der Waals surface area contributed by atoms with Gasteiger partial charge in [0.1, 0.15) is 0 Å². The van der Waals surface area contributed by atoms with Crippen LogP contribution in [0.5, 0.6) is 0 Å². The first-order valence-corrected chi connectivity index (χ1v) is 10.2. The molecule has 0 saturated carbocycles. The minimum Gasteiger partial charge on any atom is -0.379 e. The van der Waals surface area contributed by atoms with Crippen molar-refractivity contribution >= 4 is 10.2 Å². The van der Waals surface area contributed by atoms with Crippen molar-refractivity contribution < 1.29 is 13.2 Å². The summed E-state index contributed by atoms with van der Waals surface area (Å²) in [4.78, 5) is 12.5. The van der Waals surface area contributed by atoms with Crippen molar-refractivity contribution in [1.29, 1.82) is 0 Å². The first kappa shape index (κ1) is 17.2. The molecule has 3 atom stereocenters. The third kappa shape index (κ3) is 3.26. The highest BCUT2D eigenvalue weighted by Gasteiger charge is 2.38. The zero-order valence-corrected chi connectivity index (χ0v) is 14.9. The van der Waals surface area contributed by atoms with E-state index >= 15 is 0 Å². The fourth-order valence-corrected chi connectivity index (χ4v) is 5.43. The second kappa shape index (κ2) is 6.81. The Morgan fingerprint density at radius 3 is 2.84 bits per heavy atom. The summed E-state index contributed by atoms with van der Waals surface area (Å²) in [6.45, 7) is 3.47. The molecule has 2 fully saturated rings. The molecule has 0 aliphatic carbocycles. The number of rotatable bonds is 4. The summed E-state index contributed by atoms with van der Waals surface area (Å²) in [6.07, 6.45) is 0.987. The van der Waals surface area contributed by atoms with Crippen molar-refractivity contribution in [3.8, 4) is 0 Å². The molecule has 0 amide bonds. The zero-order chi connectivity index (χ0) is 17.4. The summed E-state index contributed by atoms with van der Waals surface area (Å²) in [7, 11) is -3.56. The number of hydrogen-bond donors (Lipinski definition) is 2. The SMILES string of the molecule is O=c1cccc2n1[C@@H](CNS(=O)(=O)N1CCOCC1)[C@@H]1CNC[C@H]2C1. The Morgan fingerprint density at radius 2 is 2.04 bits per heavy atom. The Morgan fingerprint density at radius 1 is 1.24 bits per heavy atom. The third-order valence-electron chi connectivity index (χ3n) is 5.48. The van der Waals surface area contributed by atoms with Gasteiger partial charge in [0.15, 0.2) is 0 Å². The summed E-state index contributed by atoms with van der Waals surface area (Å²) in [5, 5.41) is 3.42. The van der Waals surface area contributed by atoms with Crippen LogP contribution in [-0.4, -0.2) is 63.2 Å². The summed E-state index contributed by atoms with van der Waals surface area (Å²) < 4.78 is 36.3. The van der Waals surface area contributed by atoms with Crippen LogP contribution in [0.4, 0.5) is 0 Å². The van der Waals surface area contributed by atoms with Crippen molar-refractivity contribution in [3.63, 3.8) is 0 Å². The van der Waals surface area contributed by atoms with E-state index in [0.29, 0.717) is 32.2 Å². The lowest BCUT2D eigenvalue weighted by molar-refractivity contribution is 0.0723. The standard InChI is InChI=1S/C16H24N4O4S/c21-16-3-1-2-14-12-8-13(10-17-9-12)15(20(14)16)11-18-25(22,23)19-4-6-24-7-5-19/h1-3,12-13,15,17-18H,4-11H2/t12-,13+,15+/m1/s1. The highest BCUT2D eigenvalue weighted by molar-refractivity contribution is 7.87. The molecule has 9 heteroatoms. The van der Waals surface area contributed by atoms with Gasteiger partial charge in [0.25, 0.3) is 15.8 Å². The zero-order valence-electron chi connectivity index (χ0n) is 14.1. The number of fused-ring (bicyclic) bond motifs is 4. The van der Waals surface area contributed by atoms with Gasteiger partial charge in [-0.1, -0.05) is 6.07 Å². The van der Waals surface area contributed by atoms with Gasteiger partial charge in [0.2, 0.25) is 0 Å². The fraction of sp³-hybridized carbons (Fsp3) is 0.688. The molecule has 4 rings (SSSR count). The first-order valence-electron chi connectivity index (χ1n) is 8.81. The number of piperidine rings is 1. The van der Waals surface area contributed by atoms with Gasteiger partial charge in [-0.05, 0) is 18.4 Å². The second-order valence-electron chi connectivity index (χ2n) is 6.94. The van der Waals surface area contributed by atoms with Gasteiger partial charge in [0, 0.05) is 50.4 Å². The highest BCUT2D eigenvalue weighted by Crippen LogP contribution is 2.38. The highest BCUT2D eigenvalue weighted by atomic mass is 32.2. The van der Waals surface area contributed by atoms with Crippen LogP contribution in [0.25, 0.3) is 0 Å². The molecule has 3 aliphatic heterocycles. The van der Waals surface area contributed by atoms with Crippen molar-refractivity contribution in [1.82, 2.24) is 18.9 Å². The van der Waals surface area contributed by atoms with Crippen molar-refractivity contribution in [2.24, 2.45) is 5.92 Å². The number of nitrogens with one attached hydrogen (secondary N) is 2. The van der Waals surface area contributed by atoms with E-state index in [9.17, 15) is 13.2 Å². The maximum absolute atomic E-state index is 12.6. The Hall–Kier alpha value is -1.26. The van der Waals surface area contributed by atoms with Crippen LogP contribution in [0.3, 0.4) is 0 Å². The van der Waals surface area contributed by atoms with E-state index in [0.717, 1.165) is 25.2 Å². The van der Waals surface area contributed by atoms with Crippen molar-refractivity contribution in [3.05, 3.63) is 34.2 Å². The normalized spacial score (nSPS) is 30.0. The van der Waals surface area contributed by atoms with Gasteiger partial charge in [0.05, 0.1) is 19.3 Å². The molecular weight excluding hydrogens is 344 g/mol. The molecular formula is C16H24N4O4S. The Balaban J connectivity index is 1.57. The molecule has 2 N–H and O–H groups in total. The summed E-state index contributed by atoms with van der Waals surface area (Å²) in [6, 6.07) is 5.17. The lowest BCUT2D eigenvalue weighted by Crippen LogP contribution is -2.52. The summed E-state index contributed by atoms with van der Waals surface area (Å²) >= 11 is 0. The molecule has 1 aromatic rings. The van der Waals surface area contributed by atoms with E-state index in [1.54, 1.807) is 12.1 Å². The van der Waals surface area contributed by atoms with E-state index < -0.39 is 10.2 Å². The molecule has 25 heavy (non-hydrogen) atoms. The number of morpholine rings is 1. The van der Waals surface area contributed by atoms with Crippen LogP contribution < -0.4 is 15.6 Å². The third-order valence-corrected chi connectivity index (χ3v) is 7.06. The lowest BCUT2D eigenvalue weighted by atomic mass is 9.79. The van der Waals surface area contributed by atoms with E-state index in [1.165, 1.54) is 4.31 Å². The molecule has 0 unspecified atom stereocenters. The molecule has 0 spiro atoms. The largest absolute Gasteiger partial charge is 0.379 e. The monoisotopic (exact) mass is 368 g/mol. The van der Waals surface area contributed by atoms with E-state index in [-0.39, 0.29) is 24.1 Å². The van der Waals surface area contributed by atoms with Gasteiger partial charge >= 0.3 is 0 Å². The van der Waals surface area contributed by atoms with Crippen LogP contribution >= 0.6 is 0 Å². The smallest absolute Gasteiger partial charge is 0.279 e. The number of nitrogens with zero attached hydrogens (tertiary/aromatic N) is 2. The second-order valence-corrected chi connectivity index (χ2v) is 8.70. The maximum atomic E-state index is 12.6. The molecule has 8 nitrogen and oxygen atoms in total. The summed E-state index contributed by atoms with van der Waals surface area (Å²) in [5.41, 5.74) is 0.955.